The van der Waals surface area contributed by atoms with Gasteiger partial charge in [0.05, 0.1) is 0 Å². The van der Waals surface area contributed by atoms with Gasteiger partial charge in [0.25, 0.3) is 10.2 Å². The van der Waals surface area contributed by atoms with Gasteiger partial charge in [-0.25, -0.2) is 0 Å². The molecule has 0 aromatic carbocycles. The van der Waals surface area contributed by atoms with Gasteiger partial charge in [-0.2, -0.15) is 17.0 Å². The van der Waals surface area contributed by atoms with Crippen LogP contribution in [0.3, 0.4) is 0 Å². The predicted octanol–water partition coefficient (Wildman–Crippen LogP) is 2.21. The predicted molar refractivity (Wildman–Crippen MR) is 74.6 cm³/mol. The molecule has 4 nitrogen and oxygen atoms in total. The van der Waals surface area contributed by atoms with Gasteiger partial charge in [-0.3, -0.25) is 0 Å². The van der Waals surface area contributed by atoms with E-state index in [0.29, 0.717) is 31.5 Å². The number of halogens is 1. The normalized spacial score (nSPS) is 18.8. The van der Waals surface area contributed by atoms with Crippen molar-refractivity contribution in [3.63, 3.8) is 0 Å². The molecule has 102 valence electrons. The maximum absolute atomic E-state index is 12.4. The third kappa shape index (κ3) is 4.50. The van der Waals surface area contributed by atoms with Crippen LogP contribution in [-0.2, 0) is 10.2 Å². The number of rotatable bonds is 7. The van der Waals surface area contributed by atoms with Gasteiger partial charge in [0, 0.05) is 31.5 Å². The first-order valence-electron chi connectivity index (χ1n) is 6.44. The summed E-state index contributed by atoms with van der Waals surface area (Å²) in [5.74, 6) is 0. The third-order valence-corrected chi connectivity index (χ3v) is 5.45. The van der Waals surface area contributed by atoms with E-state index in [9.17, 15) is 8.42 Å². The minimum absolute atomic E-state index is 0.568. The minimum Gasteiger partial charge on any atom is -0.195 e. The van der Waals surface area contributed by atoms with E-state index in [4.69, 9.17) is 0 Å². The van der Waals surface area contributed by atoms with E-state index in [1.54, 1.807) is 8.61 Å². The maximum Gasteiger partial charge on any atom is 0.282 e. The molecule has 1 aliphatic heterocycles. The lowest BCUT2D eigenvalue weighted by molar-refractivity contribution is 0.305. The zero-order valence-electron chi connectivity index (χ0n) is 10.6. The summed E-state index contributed by atoms with van der Waals surface area (Å²) in [4.78, 5) is 0. The van der Waals surface area contributed by atoms with Gasteiger partial charge in [0.1, 0.15) is 0 Å². The molecule has 0 radical (unpaired) electrons. The standard InChI is InChI=1S/C11H23BrN2O2S/c1-2-3-8-14(11-7-12)17(15,16)13-9-5-4-6-10-13/h2-11H2,1H3. The Balaban J connectivity index is 2.67. The first-order valence-corrected chi connectivity index (χ1v) is 8.96. The highest BCUT2D eigenvalue weighted by Crippen LogP contribution is 2.17. The second-order valence-corrected chi connectivity index (χ2v) is 7.13. The molecule has 0 atom stereocenters. The van der Waals surface area contributed by atoms with Crippen molar-refractivity contribution in [3.05, 3.63) is 0 Å². The van der Waals surface area contributed by atoms with E-state index in [1.165, 1.54) is 0 Å². The summed E-state index contributed by atoms with van der Waals surface area (Å²) < 4.78 is 28.1. The van der Waals surface area contributed by atoms with Crippen LogP contribution >= 0.6 is 15.9 Å². The summed E-state index contributed by atoms with van der Waals surface area (Å²) >= 11 is 3.33. The van der Waals surface area contributed by atoms with Gasteiger partial charge in [0.15, 0.2) is 0 Å². The number of piperidine rings is 1. The zero-order valence-corrected chi connectivity index (χ0v) is 13.0. The van der Waals surface area contributed by atoms with Crippen molar-refractivity contribution in [3.8, 4) is 0 Å². The molecule has 1 heterocycles. The van der Waals surface area contributed by atoms with Crippen molar-refractivity contribution >= 4 is 26.1 Å². The molecular weight excluding hydrogens is 304 g/mol. The molecule has 0 spiro atoms. The lowest BCUT2D eigenvalue weighted by atomic mass is 10.2. The van der Waals surface area contributed by atoms with E-state index in [0.717, 1.165) is 32.1 Å². The minimum atomic E-state index is -3.22. The molecule has 1 fully saturated rings. The van der Waals surface area contributed by atoms with Crippen molar-refractivity contribution in [2.24, 2.45) is 0 Å². The Bertz CT molecular complexity index is 303. The Morgan fingerprint density at radius 1 is 1.18 bits per heavy atom. The molecule has 0 amide bonds. The third-order valence-electron chi connectivity index (χ3n) is 3.06. The van der Waals surface area contributed by atoms with E-state index >= 15 is 0 Å². The Kier molecular flexibility index (Phi) is 6.99. The smallest absolute Gasteiger partial charge is 0.195 e. The monoisotopic (exact) mass is 326 g/mol. The highest BCUT2D eigenvalue weighted by Gasteiger charge is 2.29. The van der Waals surface area contributed by atoms with Crippen LogP contribution in [0.2, 0.25) is 0 Å². The fourth-order valence-electron chi connectivity index (χ4n) is 2.03. The Morgan fingerprint density at radius 2 is 1.82 bits per heavy atom. The number of unbranched alkanes of at least 4 members (excludes halogenated alkanes) is 1. The van der Waals surface area contributed by atoms with Crippen LogP contribution in [0, 0.1) is 0 Å². The molecule has 0 unspecified atom stereocenters. The summed E-state index contributed by atoms with van der Waals surface area (Å²) in [7, 11) is -3.22. The van der Waals surface area contributed by atoms with Crippen molar-refractivity contribution in [1.29, 1.82) is 0 Å². The number of alkyl halides is 1. The summed E-state index contributed by atoms with van der Waals surface area (Å²) in [6.45, 7) is 4.67. The van der Waals surface area contributed by atoms with Crippen molar-refractivity contribution < 1.29 is 8.42 Å². The topological polar surface area (TPSA) is 40.6 Å². The molecule has 6 heteroatoms. The lowest BCUT2D eigenvalue weighted by Gasteiger charge is -2.31. The largest absolute Gasteiger partial charge is 0.282 e. The van der Waals surface area contributed by atoms with Crippen molar-refractivity contribution in [2.45, 2.75) is 39.0 Å². The van der Waals surface area contributed by atoms with Crippen LogP contribution in [0.1, 0.15) is 39.0 Å². The van der Waals surface area contributed by atoms with Gasteiger partial charge in [0.2, 0.25) is 0 Å². The van der Waals surface area contributed by atoms with Gasteiger partial charge in [-0.05, 0) is 19.3 Å². The summed E-state index contributed by atoms with van der Waals surface area (Å²) in [5.41, 5.74) is 0. The molecule has 1 rings (SSSR count). The Morgan fingerprint density at radius 3 is 2.35 bits per heavy atom. The number of hydrogen-bond acceptors (Lipinski definition) is 2. The maximum atomic E-state index is 12.4. The van der Waals surface area contributed by atoms with Crippen LogP contribution in [-0.4, -0.2) is 48.5 Å². The van der Waals surface area contributed by atoms with Crippen molar-refractivity contribution in [1.82, 2.24) is 8.61 Å². The summed E-state index contributed by atoms with van der Waals surface area (Å²) in [5, 5.41) is 0.698. The second kappa shape index (κ2) is 7.71. The Labute approximate surface area is 114 Å². The molecular formula is C11H23BrN2O2S. The lowest BCUT2D eigenvalue weighted by Crippen LogP contribution is -2.46. The zero-order chi connectivity index (χ0) is 12.7. The van der Waals surface area contributed by atoms with Crippen LogP contribution in [0.25, 0.3) is 0 Å². The number of hydrogen-bond donors (Lipinski definition) is 0. The average molecular weight is 327 g/mol. The van der Waals surface area contributed by atoms with Crippen LogP contribution < -0.4 is 0 Å². The molecule has 0 aromatic rings. The molecule has 1 aliphatic rings. The first-order chi connectivity index (χ1) is 8.12. The molecule has 0 N–H and O–H groups in total. The van der Waals surface area contributed by atoms with E-state index in [-0.39, 0.29) is 0 Å². The Hall–Kier alpha value is 0.350. The highest BCUT2D eigenvalue weighted by molar-refractivity contribution is 9.09. The molecule has 0 saturated carbocycles. The fourth-order valence-corrected chi connectivity index (χ4v) is 4.42. The molecule has 0 aliphatic carbocycles. The van der Waals surface area contributed by atoms with E-state index < -0.39 is 10.2 Å². The quantitative estimate of drug-likeness (QED) is 0.673. The average Bonchev–Trinajstić information content (AvgIpc) is 2.35. The molecule has 17 heavy (non-hydrogen) atoms. The second-order valence-electron chi connectivity index (χ2n) is 4.41. The summed E-state index contributed by atoms with van der Waals surface area (Å²) in [6.07, 6.45) is 5.10. The first kappa shape index (κ1) is 15.4. The van der Waals surface area contributed by atoms with Gasteiger partial charge >= 0.3 is 0 Å². The van der Waals surface area contributed by atoms with Crippen LogP contribution in [0.15, 0.2) is 0 Å². The summed E-state index contributed by atoms with van der Waals surface area (Å²) in [6, 6.07) is 0. The fraction of sp³-hybridized carbons (Fsp3) is 1.00. The number of nitrogens with zero attached hydrogens (tertiary/aromatic N) is 2. The van der Waals surface area contributed by atoms with Crippen molar-refractivity contribution in [2.75, 3.05) is 31.5 Å². The SMILES string of the molecule is CCCCN(CCBr)S(=O)(=O)N1CCCCC1. The van der Waals surface area contributed by atoms with Crippen LogP contribution in [0.4, 0.5) is 0 Å². The molecule has 1 saturated heterocycles. The molecule has 0 bridgehead atoms. The van der Waals surface area contributed by atoms with Gasteiger partial charge in [-0.15, -0.1) is 0 Å². The molecule has 0 aromatic heterocycles. The van der Waals surface area contributed by atoms with E-state index in [1.807, 2.05) is 0 Å². The van der Waals surface area contributed by atoms with Crippen LogP contribution in [0.5, 0.6) is 0 Å². The van der Waals surface area contributed by atoms with E-state index in [2.05, 4.69) is 22.9 Å². The van der Waals surface area contributed by atoms with Gasteiger partial charge < -0.3 is 0 Å². The highest BCUT2D eigenvalue weighted by atomic mass is 79.9. The van der Waals surface area contributed by atoms with Gasteiger partial charge in [-0.1, -0.05) is 35.7 Å².